The molecule has 17 heavy (non-hydrogen) atoms. The fourth-order valence-corrected chi connectivity index (χ4v) is 3.63. The minimum atomic E-state index is -3.79. The van der Waals surface area contributed by atoms with Gasteiger partial charge < -0.3 is 0 Å². The van der Waals surface area contributed by atoms with Gasteiger partial charge in [0.25, 0.3) is 0 Å². The lowest BCUT2D eigenvalue weighted by molar-refractivity contribution is 0.549. The Balaban J connectivity index is 2.97. The molecular weight excluding hydrogens is 329 g/mol. The minimum absolute atomic E-state index is 0.238. The van der Waals surface area contributed by atoms with Crippen LogP contribution < -0.4 is 4.72 Å². The highest BCUT2D eigenvalue weighted by Gasteiger charge is 2.21. The van der Waals surface area contributed by atoms with E-state index in [1.54, 1.807) is 6.92 Å². The predicted octanol–water partition coefficient (Wildman–Crippen LogP) is 2.62. The molecule has 0 aromatic heterocycles. The van der Waals surface area contributed by atoms with Crippen LogP contribution in [0, 0.1) is 5.82 Å². The second kappa shape index (κ2) is 6.17. The zero-order valence-corrected chi connectivity index (χ0v) is 12.6. The van der Waals surface area contributed by atoms with Gasteiger partial charge in [-0.05, 0) is 31.4 Å². The van der Waals surface area contributed by atoms with Crippen LogP contribution in [0.2, 0.25) is 0 Å². The van der Waals surface area contributed by atoms with Gasteiger partial charge in [-0.25, -0.2) is 17.5 Å². The smallest absolute Gasteiger partial charge is 0.207 e. The van der Waals surface area contributed by atoms with E-state index in [4.69, 9.17) is 0 Å². The average Bonchev–Trinajstić information content (AvgIpc) is 2.15. The van der Waals surface area contributed by atoms with Gasteiger partial charge in [-0.2, -0.15) is 11.8 Å². The second-order valence-electron chi connectivity index (χ2n) is 3.55. The zero-order valence-electron chi connectivity index (χ0n) is 9.41. The summed E-state index contributed by atoms with van der Waals surface area (Å²) in [5.74, 6) is -0.125. The van der Waals surface area contributed by atoms with Crippen LogP contribution in [-0.4, -0.2) is 26.5 Å². The van der Waals surface area contributed by atoms with Gasteiger partial charge in [0, 0.05) is 16.3 Å². The molecule has 96 valence electrons. The third-order valence-corrected chi connectivity index (χ3v) is 4.91. The number of hydrogen-bond donors (Lipinski definition) is 1. The molecule has 0 bridgehead atoms. The monoisotopic (exact) mass is 341 g/mol. The molecule has 1 rings (SSSR count). The number of benzene rings is 1. The van der Waals surface area contributed by atoms with Crippen molar-refractivity contribution < 1.29 is 12.8 Å². The minimum Gasteiger partial charge on any atom is -0.207 e. The molecule has 7 heteroatoms. The molecule has 0 aliphatic carbocycles. The summed E-state index contributed by atoms with van der Waals surface area (Å²) >= 11 is 4.60. The molecule has 0 saturated heterocycles. The largest absolute Gasteiger partial charge is 0.243 e. The molecule has 3 nitrogen and oxygen atoms in total. The Hall–Kier alpha value is -0.110. The third kappa shape index (κ3) is 4.24. The number of rotatable bonds is 5. The van der Waals surface area contributed by atoms with Crippen molar-refractivity contribution in [2.75, 3.05) is 12.0 Å². The molecule has 0 aliphatic heterocycles. The quantitative estimate of drug-likeness (QED) is 0.895. The molecule has 1 unspecified atom stereocenters. The molecule has 1 N–H and O–H groups in total. The average molecular weight is 342 g/mol. The Bertz CT molecular complexity index is 493. The molecule has 0 heterocycles. The van der Waals surface area contributed by atoms with Crippen molar-refractivity contribution in [1.29, 1.82) is 0 Å². The van der Waals surface area contributed by atoms with E-state index < -0.39 is 15.8 Å². The molecule has 0 fully saturated rings. The van der Waals surface area contributed by atoms with Crippen molar-refractivity contribution in [3.8, 4) is 0 Å². The fourth-order valence-electron chi connectivity index (χ4n) is 1.31. The molecule has 1 aromatic rings. The molecule has 0 aliphatic rings. The molecule has 1 aromatic carbocycles. The summed E-state index contributed by atoms with van der Waals surface area (Å²) in [7, 11) is -3.79. The zero-order chi connectivity index (χ0) is 13.1. The van der Waals surface area contributed by atoms with E-state index in [-0.39, 0.29) is 10.9 Å². The van der Waals surface area contributed by atoms with Crippen LogP contribution in [0.25, 0.3) is 0 Å². The molecule has 0 amide bonds. The van der Waals surface area contributed by atoms with Crippen LogP contribution in [0.5, 0.6) is 0 Å². The second-order valence-corrected chi connectivity index (χ2v) is 7.06. The third-order valence-electron chi connectivity index (χ3n) is 1.96. The van der Waals surface area contributed by atoms with E-state index in [9.17, 15) is 12.8 Å². The van der Waals surface area contributed by atoms with E-state index in [0.29, 0.717) is 10.2 Å². The van der Waals surface area contributed by atoms with Crippen molar-refractivity contribution >= 4 is 37.7 Å². The maximum absolute atomic E-state index is 13.5. The van der Waals surface area contributed by atoms with E-state index in [0.717, 1.165) is 6.07 Å². The highest BCUT2D eigenvalue weighted by Crippen LogP contribution is 2.19. The van der Waals surface area contributed by atoms with Gasteiger partial charge in [-0.15, -0.1) is 0 Å². The van der Waals surface area contributed by atoms with Gasteiger partial charge in [-0.3, -0.25) is 0 Å². The predicted molar refractivity (Wildman–Crippen MR) is 72.3 cm³/mol. The Morgan fingerprint density at radius 2 is 2.18 bits per heavy atom. The van der Waals surface area contributed by atoms with Crippen LogP contribution in [0.1, 0.15) is 6.92 Å². The van der Waals surface area contributed by atoms with Gasteiger partial charge in [0.2, 0.25) is 10.0 Å². The fraction of sp³-hybridized carbons (Fsp3) is 0.400. The first kappa shape index (κ1) is 14.9. The first-order chi connectivity index (χ1) is 7.86. The van der Waals surface area contributed by atoms with Gasteiger partial charge in [0.1, 0.15) is 10.7 Å². The summed E-state index contributed by atoms with van der Waals surface area (Å²) in [4.78, 5) is -0.325. The number of hydrogen-bond acceptors (Lipinski definition) is 3. The number of sulfonamides is 1. The first-order valence-corrected chi connectivity index (χ1v) is 8.50. The van der Waals surface area contributed by atoms with E-state index in [2.05, 4.69) is 20.7 Å². The molecule has 1 atom stereocenters. The molecule has 0 spiro atoms. The number of thioether (sulfide) groups is 1. The van der Waals surface area contributed by atoms with Crippen LogP contribution >= 0.6 is 27.7 Å². The van der Waals surface area contributed by atoms with Gasteiger partial charge in [0.15, 0.2) is 0 Å². The van der Waals surface area contributed by atoms with E-state index >= 15 is 0 Å². The van der Waals surface area contributed by atoms with Crippen molar-refractivity contribution in [3.63, 3.8) is 0 Å². The summed E-state index contributed by atoms with van der Waals surface area (Å²) in [6, 6.07) is 3.64. The van der Waals surface area contributed by atoms with Crippen molar-refractivity contribution in [2.45, 2.75) is 17.9 Å². The lowest BCUT2D eigenvalue weighted by Crippen LogP contribution is -2.34. The van der Waals surface area contributed by atoms with Crippen molar-refractivity contribution in [3.05, 3.63) is 28.5 Å². The van der Waals surface area contributed by atoms with Gasteiger partial charge in [0.05, 0.1) is 0 Å². The standard InChI is InChI=1S/C10H13BrFNO2S2/c1-7(6-16-2)13-17(14,15)10-4-3-8(11)5-9(10)12/h3-5,7,13H,6H2,1-2H3. The highest BCUT2D eigenvalue weighted by molar-refractivity contribution is 9.10. The van der Waals surface area contributed by atoms with Crippen LogP contribution in [-0.2, 0) is 10.0 Å². The Labute approximate surface area is 113 Å². The van der Waals surface area contributed by atoms with Crippen LogP contribution in [0.3, 0.4) is 0 Å². The Morgan fingerprint density at radius 3 is 2.71 bits per heavy atom. The summed E-state index contributed by atoms with van der Waals surface area (Å²) in [5.41, 5.74) is 0. The SMILES string of the molecule is CSCC(C)NS(=O)(=O)c1ccc(Br)cc1F. The van der Waals surface area contributed by atoms with Gasteiger partial charge in [-0.1, -0.05) is 15.9 Å². The summed E-state index contributed by atoms with van der Waals surface area (Å²) in [5, 5.41) is 0. The Kier molecular flexibility index (Phi) is 5.43. The summed E-state index contributed by atoms with van der Waals surface area (Å²) in [6.07, 6.45) is 1.88. The van der Waals surface area contributed by atoms with Gasteiger partial charge >= 0.3 is 0 Å². The summed E-state index contributed by atoms with van der Waals surface area (Å²) < 4.78 is 40.2. The maximum atomic E-state index is 13.5. The lowest BCUT2D eigenvalue weighted by Gasteiger charge is -2.13. The van der Waals surface area contributed by atoms with E-state index in [1.165, 1.54) is 23.9 Å². The number of halogens is 2. The normalized spacial score (nSPS) is 13.6. The Morgan fingerprint density at radius 1 is 1.53 bits per heavy atom. The van der Waals surface area contributed by atoms with Crippen molar-refractivity contribution in [2.24, 2.45) is 0 Å². The molecule has 0 saturated carbocycles. The van der Waals surface area contributed by atoms with Crippen LogP contribution in [0.15, 0.2) is 27.6 Å². The lowest BCUT2D eigenvalue weighted by atomic mass is 10.3. The molecule has 0 radical (unpaired) electrons. The van der Waals surface area contributed by atoms with Crippen LogP contribution in [0.4, 0.5) is 4.39 Å². The number of nitrogens with one attached hydrogen (secondary N) is 1. The first-order valence-electron chi connectivity index (χ1n) is 4.83. The van der Waals surface area contributed by atoms with E-state index in [1.807, 2.05) is 6.26 Å². The van der Waals surface area contributed by atoms with Crippen molar-refractivity contribution in [1.82, 2.24) is 4.72 Å². The highest BCUT2D eigenvalue weighted by atomic mass is 79.9. The summed E-state index contributed by atoms with van der Waals surface area (Å²) in [6.45, 7) is 1.74. The topological polar surface area (TPSA) is 46.2 Å². The molecular formula is C10H13BrFNO2S2. The maximum Gasteiger partial charge on any atom is 0.243 e.